The molecule has 0 fully saturated rings. The van der Waals surface area contributed by atoms with E-state index < -0.39 is 11.7 Å². The Balaban J connectivity index is 1.07. The molecule has 1 aliphatic carbocycles. The summed E-state index contributed by atoms with van der Waals surface area (Å²) >= 11 is 0. The molecule has 0 spiro atoms. The molecule has 0 aromatic heterocycles. The smallest absolute Gasteiger partial charge is 0.407 e. The Morgan fingerprint density at radius 1 is 0.690 bits per heavy atom. The fourth-order valence-electron chi connectivity index (χ4n) is 4.42. The van der Waals surface area contributed by atoms with E-state index >= 15 is 0 Å². The predicted molar refractivity (Wildman–Crippen MR) is 158 cm³/mol. The molecule has 0 saturated carbocycles. The molecule has 42 heavy (non-hydrogen) atoms. The topological polar surface area (TPSA) is 111 Å². The van der Waals surface area contributed by atoms with Gasteiger partial charge in [-0.15, -0.1) is 0 Å². The third kappa shape index (κ3) is 12.5. The van der Waals surface area contributed by atoms with E-state index in [1.165, 1.54) is 22.3 Å². The van der Waals surface area contributed by atoms with Gasteiger partial charge in [0, 0.05) is 19.1 Å². The Morgan fingerprint density at radius 2 is 1.17 bits per heavy atom. The first-order valence-electron chi connectivity index (χ1n) is 14.5. The Kier molecular flexibility index (Phi) is 14.8. The first kappa shape index (κ1) is 33.5. The van der Waals surface area contributed by atoms with E-state index in [0.717, 1.165) is 0 Å². The van der Waals surface area contributed by atoms with Crippen LogP contribution in [0.5, 0.6) is 0 Å². The van der Waals surface area contributed by atoms with Gasteiger partial charge in [-0.2, -0.15) is 0 Å². The van der Waals surface area contributed by atoms with Gasteiger partial charge < -0.3 is 38.5 Å². The number of alkyl carbamates (subject to hydrolysis) is 1. The van der Waals surface area contributed by atoms with Gasteiger partial charge in [0.1, 0.15) is 18.8 Å². The summed E-state index contributed by atoms with van der Waals surface area (Å²) in [6.45, 7) is 10.1. The summed E-state index contributed by atoms with van der Waals surface area (Å²) in [5, 5.41) is 2.79. The molecule has 0 radical (unpaired) electrons. The van der Waals surface area contributed by atoms with Gasteiger partial charge in [-0.25, -0.2) is 9.59 Å². The monoisotopic (exact) mass is 587 g/mol. The second-order valence-corrected chi connectivity index (χ2v) is 10.7. The fourth-order valence-corrected chi connectivity index (χ4v) is 4.42. The number of ether oxygens (including phenoxy) is 7. The van der Waals surface area contributed by atoms with Crippen LogP contribution in [0.15, 0.2) is 48.5 Å². The van der Waals surface area contributed by atoms with Crippen LogP contribution in [0.25, 0.3) is 11.1 Å². The minimum absolute atomic E-state index is 0.0498. The number of amides is 1. The zero-order valence-electron chi connectivity index (χ0n) is 25.1. The maximum atomic E-state index is 12.2. The normalized spacial score (nSPS) is 12.5. The molecule has 10 heteroatoms. The molecule has 0 saturated heterocycles. The number of nitrogens with one attached hydrogen (secondary N) is 1. The van der Waals surface area contributed by atoms with Gasteiger partial charge in [0.05, 0.1) is 52.9 Å². The summed E-state index contributed by atoms with van der Waals surface area (Å²) in [6.07, 6.45) is 0.261. The van der Waals surface area contributed by atoms with Gasteiger partial charge in [-0.1, -0.05) is 48.5 Å². The summed E-state index contributed by atoms with van der Waals surface area (Å²) in [5.41, 5.74) is 4.28. The van der Waals surface area contributed by atoms with Crippen molar-refractivity contribution in [3.05, 3.63) is 59.7 Å². The Morgan fingerprint density at radius 3 is 1.69 bits per heavy atom. The highest BCUT2D eigenvalue weighted by Gasteiger charge is 2.28. The van der Waals surface area contributed by atoms with E-state index in [0.29, 0.717) is 79.0 Å². The van der Waals surface area contributed by atoms with E-state index in [4.69, 9.17) is 33.2 Å². The second kappa shape index (κ2) is 18.5. The fraction of sp³-hybridized carbons (Fsp3) is 0.562. The van der Waals surface area contributed by atoms with Crippen molar-refractivity contribution in [1.82, 2.24) is 5.32 Å². The first-order chi connectivity index (χ1) is 20.3. The van der Waals surface area contributed by atoms with Crippen LogP contribution in [0.4, 0.5) is 4.79 Å². The second-order valence-electron chi connectivity index (χ2n) is 10.7. The van der Waals surface area contributed by atoms with Crippen molar-refractivity contribution in [2.75, 3.05) is 79.2 Å². The largest absolute Gasteiger partial charge is 0.458 e. The van der Waals surface area contributed by atoms with E-state index in [9.17, 15) is 9.59 Å². The number of carbonyl (C=O) groups is 2. The molecule has 1 aliphatic rings. The van der Waals surface area contributed by atoms with E-state index in [1.807, 2.05) is 45.0 Å². The van der Waals surface area contributed by atoms with Crippen LogP contribution in [-0.4, -0.2) is 96.9 Å². The predicted octanol–water partition coefficient (Wildman–Crippen LogP) is 4.34. The number of fused-ring (bicyclic) bond motifs is 3. The van der Waals surface area contributed by atoms with Crippen LogP contribution < -0.4 is 5.32 Å². The molecule has 0 aliphatic heterocycles. The average molecular weight is 588 g/mol. The molecular weight excluding hydrogens is 542 g/mol. The summed E-state index contributed by atoms with van der Waals surface area (Å²) in [4.78, 5) is 23.7. The number of esters is 1. The standard InChI is InChI=1S/C32H45NO9/c1-32(2,3)42-30(34)24-40-22-21-39-20-19-38-18-17-37-16-15-36-14-8-13-33-31(35)41-23-29-27-11-6-4-9-25(27)26-10-5-7-12-28(26)29/h4-7,9-12,29H,8,13-24H2,1-3H3,(H,33,35). The first-order valence-corrected chi connectivity index (χ1v) is 14.5. The van der Waals surface area contributed by atoms with Gasteiger partial charge in [0.25, 0.3) is 0 Å². The highest BCUT2D eigenvalue weighted by Crippen LogP contribution is 2.44. The highest BCUT2D eigenvalue weighted by molar-refractivity contribution is 5.79. The molecule has 10 nitrogen and oxygen atoms in total. The average Bonchev–Trinajstić information content (AvgIpc) is 3.28. The lowest BCUT2D eigenvalue weighted by Crippen LogP contribution is -2.27. The molecule has 1 N–H and O–H groups in total. The maximum absolute atomic E-state index is 12.2. The van der Waals surface area contributed by atoms with Crippen molar-refractivity contribution in [2.45, 2.75) is 38.7 Å². The lowest BCUT2D eigenvalue weighted by atomic mass is 9.98. The molecule has 2 aromatic rings. The Hall–Kier alpha value is -3.02. The molecule has 3 rings (SSSR count). The van der Waals surface area contributed by atoms with Gasteiger partial charge in [0.15, 0.2) is 0 Å². The third-order valence-electron chi connectivity index (χ3n) is 6.21. The maximum Gasteiger partial charge on any atom is 0.407 e. The van der Waals surface area contributed by atoms with Crippen LogP contribution in [0, 0.1) is 0 Å². The van der Waals surface area contributed by atoms with Crippen molar-refractivity contribution in [1.29, 1.82) is 0 Å². The van der Waals surface area contributed by atoms with Gasteiger partial charge in [-0.3, -0.25) is 0 Å². The molecule has 2 aromatic carbocycles. The van der Waals surface area contributed by atoms with Crippen molar-refractivity contribution in [3.8, 4) is 11.1 Å². The van der Waals surface area contributed by atoms with Crippen LogP contribution >= 0.6 is 0 Å². The van der Waals surface area contributed by atoms with Crippen molar-refractivity contribution in [3.63, 3.8) is 0 Å². The van der Waals surface area contributed by atoms with Crippen molar-refractivity contribution >= 4 is 12.1 Å². The lowest BCUT2D eigenvalue weighted by Gasteiger charge is -2.19. The van der Waals surface area contributed by atoms with Crippen molar-refractivity contribution in [2.24, 2.45) is 0 Å². The van der Waals surface area contributed by atoms with Crippen LogP contribution in [0.3, 0.4) is 0 Å². The minimum Gasteiger partial charge on any atom is -0.458 e. The summed E-state index contributed by atoms with van der Waals surface area (Å²) in [6, 6.07) is 16.5. The number of hydrogen-bond donors (Lipinski definition) is 1. The number of hydrogen-bond acceptors (Lipinski definition) is 9. The lowest BCUT2D eigenvalue weighted by molar-refractivity contribution is -0.160. The quantitative estimate of drug-likeness (QED) is 0.179. The molecule has 0 bridgehead atoms. The Bertz CT molecular complexity index is 1040. The van der Waals surface area contributed by atoms with Crippen LogP contribution in [0.1, 0.15) is 44.2 Å². The minimum atomic E-state index is -0.514. The van der Waals surface area contributed by atoms with Crippen molar-refractivity contribution < 1.29 is 42.7 Å². The molecule has 0 unspecified atom stereocenters. The van der Waals surface area contributed by atoms with E-state index in [-0.39, 0.29) is 18.5 Å². The molecule has 232 valence electrons. The Labute approximate surface area is 248 Å². The third-order valence-corrected chi connectivity index (χ3v) is 6.21. The SMILES string of the molecule is CC(C)(C)OC(=O)COCCOCCOCCOCCOCCCNC(=O)OCC1c2ccccc2-c2ccccc21. The van der Waals surface area contributed by atoms with E-state index in [1.54, 1.807) is 0 Å². The zero-order chi connectivity index (χ0) is 30.0. The summed E-state index contributed by atoms with van der Waals surface area (Å²) < 4.78 is 37.8. The van der Waals surface area contributed by atoms with Crippen LogP contribution in [-0.2, 0) is 38.0 Å². The summed E-state index contributed by atoms with van der Waals surface area (Å²) in [5.74, 6) is -0.340. The molecule has 1 amide bonds. The van der Waals surface area contributed by atoms with Crippen LogP contribution in [0.2, 0.25) is 0 Å². The molecular formula is C32H45NO9. The highest BCUT2D eigenvalue weighted by atomic mass is 16.6. The number of benzene rings is 2. The van der Waals surface area contributed by atoms with E-state index in [2.05, 4.69) is 29.6 Å². The number of rotatable bonds is 20. The van der Waals surface area contributed by atoms with Gasteiger partial charge in [-0.05, 0) is 49.4 Å². The van der Waals surface area contributed by atoms with Gasteiger partial charge in [0.2, 0.25) is 0 Å². The zero-order valence-corrected chi connectivity index (χ0v) is 25.1. The molecule has 0 atom stereocenters. The summed E-state index contributed by atoms with van der Waals surface area (Å²) in [7, 11) is 0. The number of carbonyl (C=O) groups excluding carboxylic acids is 2. The molecule has 0 heterocycles. The van der Waals surface area contributed by atoms with Gasteiger partial charge >= 0.3 is 12.1 Å².